The van der Waals surface area contributed by atoms with Crippen LogP contribution in [0.25, 0.3) is 0 Å². The van der Waals surface area contributed by atoms with Crippen molar-refractivity contribution in [2.75, 3.05) is 6.54 Å². The molecule has 2 amide bonds. The molecular formula is C14H25N3O2. The fraction of sp³-hybridized carbons (Fsp3) is 0.857. The molecule has 2 aliphatic heterocycles. The standard InChI is InChI=1S/C14H25N3O2/c1-8(2)7-15-13(18)9(3)16-14(19)11-6-10-4-5-12(11)17-10/h8-12,17H,4-7H2,1-3H3,(H,15,18)(H,16,19). The highest BCUT2D eigenvalue weighted by Crippen LogP contribution is 2.33. The van der Waals surface area contributed by atoms with E-state index in [1.165, 1.54) is 6.42 Å². The highest BCUT2D eigenvalue weighted by Gasteiger charge is 2.43. The number of carbonyl (C=O) groups excluding carboxylic acids is 2. The third kappa shape index (κ3) is 3.47. The first-order valence-corrected chi connectivity index (χ1v) is 7.31. The van der Waals surface area contributed by atoms with E-state index in [0.29, 0.717) is 24.5 Å². The molecule has 0 aromatic heterocycles. The zero-order chi connectivity index (χ0) is 14.0. The molecule has 2 bridgehead atoms. The topological polar surface area (TPSA) is 70.2 Å². The van der Waals surface area contributed by atoms with Gasteiger partial charge in [-0.1, -0.05) is 13.8 Å². The number of amides is 2. The molecule has 108 valence electrons. The lowest BCUT2D eigenvalue weighted by molar-refractivity contribution is -0.131. The fourth-order valence-electron chi connectivity index (χ4n) is 2.96. The van der Waals surface area contributed by atoms with Crippen molar-refractivity contribution in [2.45, 2.75) is 58.2 Å². The number of nitrogens with one attached hydrogen (secondary N) is 3. The normalized spacial score (nSPS) is 30.4. The van der Waals surface area contributed by atoms with Gasteiger partial charge in [-0.05, 0) is 32.1 Å². The molecule has 4 unspecified atom stereocenters. The minimum atomic E-state index is -0.453. The lowest BCUT2D eigenvalue weighted by Gasteiger charge is -2.22. The summed E-state index contributed by atoms with van der Waals surface area (Å²) in [5.74, 6) is 0.380. The predicted molar refractivity (Wildman–Crippen MR) is 73.5 cm³/mol. The van der Waals surface area contributed by atoms with Crippen LogP contribution in [0.3, 0.4) is 0 Å². The summed E-state index contributed by atoms with van der Waals surface area (Å²) >= 11 is 0. The van der Waals surface area contributed by atoms with Gasteiger partial charge in [0.2, 0.25) is 11.8 Å². The van der Waals surface area contributed by atoms with E-state index < -0.39 is 6.04 Å². The Morgan fingerprint density at radius 1 is 1.26 bits per heavy atom. The number of rotatable bonds is 5. The molecule has 0 aliphatic carbocycles. The van der Waals surface area contributed by atoms with Crippen molar-refractivity contribution in [2.24, 2.45) is 11.8 Å². The van der Waals surface area contributed by atoms with Crippen LogP contribution in [-0.2, 0) is 9.59 Å². The van der Waals surface area contributed by atoms with Crippen LogP contribution in [-0.4, -0.2) is 36.5 Å². The van der Waals surface area contributed by atoms with E-state index in [4.69, 9.17) is 0 Å². The molecule has 2 saturated heterocycles. The second-order valence-corrected chi connectivity index (χ2v) is 6.26. The molecule has 5 nitrogen and oxygen atoms in total. The number of hydrogen-bond donors (Lipinski definition) is 3. The van der Waals surface area contributed by atoms with Crippen molar-refractivity contribution >= 4 is 11.8 Å². The van der Waals surface area contributed by atoms with Gasteiger partial charge in [0, 0.05) is 18.6 Å². The molecular weight excluding hydrogens is 242 g/mol. The van der Waals surface area contributed by atoms with Gasteiger partial charge in [-0.3, -0.25) is 9.59 Å². The van der Waals surface area contributed by atoms with Gasteiger partial charge in [-0.25, -0.2) is 0 Å². The van der Waals surface area contributed by atoms with E-state index in [-0.39, 0.29) is 17.7 Å². The van der Waals surface area contributed by atoms with Gasteiger partial charge in [0.25, 0.3) is 0 Å². The average molecular weight is 267 g/mol. The van der Waals surface area contributed by atoms with Gasteiger partial charge < -0.3 is 16.0 Å². The zero-order valence-corrected chi connectivity index (χ0v) is 12.0. The van der Waals surface area contributed by atoms with Crippen LogP contribution < -0.4 is 16.0 Å². The Hall–Kier alpha value is -1.10. The summed E-state index contributed by atoms with van der Waals surface area (Å²) in [5, 5.41) is 9.12. The minimum absolute atomic E-state index is 0.0203. The van der Waals surface area contributed by atoms with Crippen LogP contribution in [0.2, 0.25) is 0 Å². The maximum Gasteiger partial charge on any atom is 0.242 e. The van der Waals surface area contributed by atoms with Gasteiger partial charge >= 0.3 is 0 Å². The molecule has 0 spiro atoms. The Morgan fingerprint density at radius 3 is 2.53 bits per heavy atom. The van der Waals surface area contributed by atoms with Gasteiger partial charge in [0.1, 0.15) is 6.04 Å². The molecule has 5 heteroatoms. The first-order valence-electron chi connectivity index (χ1n) is 7.31. The molecule has 2 heterocycles. The summed E-state index contributed by atoms with van der Waals surface area (Å²) < 4.78 is 0. The molecule has 2 fully saturated rings. The van der Waals surface area contributed by atoms with E-state index in [0.717, 1.165) is 12.8 Å². The maximum atomic E-state index is 12.2. The van der Waals surface area contributed by atoms with Crippen LogP contribution in [0.4, 0.5) is 0 Å². The monoisotopic (exact) mass is 267 g/mol. The highest BCUT2D eigenvalue weighted by atomic mass is 16.2. The van der Waals surface area contributed by atoms with Crippen LogP contribution in [0, 0.1) is 11.8 Å². The Labute approximate surface area is 114 Å². The molecule has 19 heavy (non-hydrogen) atoms. The summed E-state index contributed by atoms with van der Waals surface area (Å²) in [6, 6.07) is 0.368. The van der Waals surface area contributed by atoms with Crippen molar-refractivity contribution in [1.29, 1.82) is 0 Å². The Morgan fingerprint density at radius 2 is 2.00 bits per heavy atom. The smallest absolute Gasteiger partial charge is 0.242 e. The highest BCUT2D eigenvalue weighted by molar-refractivity contribution is 5.88. The third-order valence-corrected chi connectivity index (χ3v) is 4.07. The van der Waals surface area contributed by atoms with E-state index in [1.54, 1.807) is 6.92 Å². The first kappa shape index (κ1) is 14.3. The summed E-state index contributed by atoms with van der Waals surface area (Å²) in [4.78, 5) is 24.0. The van der Waals surface area contributed by atoms with Crippen LogP contribution in [0.1, 0.15) is 40.0 Å². The molecule has 0 aromatic carbocycles. The van der Waals surface area contributed by atoms with E-state index in [1.807, 2.05) is 13.8 Å². The Balaban J connectivity index is 1.77. The van der Waals surface area contributed by atoms with Gasteiger partial charge in [0.15, 0.2) is 0 Å². The second-order valence-electron chi connectivity index (χ2n) is 6.26. The van der Waals surface area contributed by atoms with Crippen LogP contribution >= 0.6 is 0 Å². The molecule has 0 saturated carbocycles. The summed E-state index contributed by atoms with van der Waals surface area (Å²) in [6.45, 7) is 6.48. The maximum absolute atomic E-state index is 12.2. The number of fused-ring (bicyclic) bond motifs is 2. The van der Waals surface area contributed by atoms with Crippen LogP contribution in [0.15, 0.2) is 0 Å². The molecule has 2 rings (SSSR count). The van der Waals surface area contributed by atoms with Crippen molar-refractivity contribution in [1.82, 2.24) is 16.0 Å². The van der Waals surface area contributed by atoms with Crippen molar-refractivity contribution < 1.29 is 9.59 Å². The summed E-state index contributed by atoms with van der Waals surface area (Å²) in [7, 11) is 0. The van der Waals surface area contributed by atoms with E-state index in [9.17, 15) is 9.59 Å². The van der Waals surface area contributed by atoms with Crippen molar-refractivity contribution in [3.8, 4) is 0 Å². The fourth-order valence-corrected chi connectivity index (χ4v) is 2.96. The first-order chi connectivity index (χ1) is 8.97. The lowest BCUT2D eigenvalue weighted by Crippen LogP contribution is -2.49. The molecule has 0 aromatic rings. The zero-order valence-electron chi connectivity index (χ0n) is 12.0. The average Bonchev–Trinajstić information content (AvgIpc) is 2.97. The van der Waals surface area contributed by atoms with Crippen molar-refractivity contribution in [3.05, 3.63) is 0 Å². The molecule has 3 N–H and O–H groups in total. The molecule has 4 atom stereocenters. The second kappa shape index (κ2) is 5.90. The number of hydrogen-bond acceptors (Lipinski definition) is 3. The quantitative estimate of drug-likeness (QED) is 0.675. The third-order valence-electron chi connectivity index (χ3n) is 4.07. The van der Waals surface area contributed by atoms with Gasteiger partial charge in [-0.15, -0.1) is 0 Å². The lowest BCUT2D eigenvalue weighted by atomic mass is 9.88. The van der Waals surface area contributed by atoms with E-state index >= 15 is 0 Å². The summed E-state index contributed by atoms with van der Waals surface area (Å²) in [6.07, 6.45) is 3.17. The Bertz CT molecular complexity index is 357. The van der Waals surface area contributed by atoms with Gasteiger partial charge in [0.05, 0.1) is 5.92 Å². The Kier molecular flexibility index (Phi) is 4.45. The van der Waals surface area contributed by atoms with Crippen molar-refractivity contribution in [3.63, 3.8) is 0 Å². The van der Waals surface area contributed by atoms with Crippen LogP contribution in [0.5, 0.6) is 0 Å². The predicted octanol–water partition coefficient (Wildman–Crippen LogP) is 0.404. The minimum Gasteiger partial charge on any atom is -0.354 e. The largest absolute Gasteiger partial charge is 0.354 e. The molecule has 0 radical (unpaired) electrons. The van der Waals surface area contributed by atoms with E-state index in [2.05, 4.69) is 16.0 Å². The summed E-state index contributed by atoms with van der Waals surface area (Å²) in [5.41, 5.74) is 0. The molecule has 2 aliphatic rings. The number of carbonyl (C=O) groups is 2. The van der Waals surface area contributed by atoms with Gasteiger partial charge in [-0.2, -0.15) is 0 Å². The SMILES string of the molecule is CC(C)CNC(=O)C(C)NC(=O)C1CC2CCC1N2.